The van der Waals surface area contributed by atoms with Gasteiger partial charge in [-0.1, -0.05) is 34.3 Å². The molecule has 1 saturated heterocycles. The molecule has 3 saturated carbocycles. The average molecular weight is 605 g/mol. The number of piperazine rings is 1. The molecule has 2 bridgehead atoms. The van der Waals surface area contributed by atoms with Crippen molar-refractivity contribution < 1.29 is 9.13 Å². The number of aliphatic imine (C=N–C) groups is 1. The second kappa shape index (κ2) is 12.5. The van der Waals surface area contributed by atoms with Crippen molar-refractivity contribution in [3.8, 4) is 5.75 Å². The second-order valence-corrected chi connectivity index (χ2v) is 13.5. The zero-order valence-corrected chi connectivity index (χ0v) is 26.3. The summed E-state index contributed by atoms with van der Waals surface area (Å²) in [5, 5.41) is 7.73. The number of nitrogens with zero attached hydrogens (tertiary/aromatic N) is 4. The minimum Gasteiger partial charge on any atom is -0.497 e. The molecule has 0 unspecified atom stereocenters. The Morgan fingerprint density at radius 2 is 2.00 bits per heavy atom. The number of ether oxygens (including phenoxy) is 1. The summed E-state index contributed by atoms with van der Waals surface area (Å²) in [4.78, 5) is 26.1. The van der Waals surface area contributed by atoms with Crippen molar-refractivity contribution in [3.05, 3.63) is 64.0 Å². The summed E-state index contributed by atoms with van der Waals surface area (Å²) in [5.41, 5.74) is 2.34. The monoisotopic (exact) mass is 604 g/mol. The third-order valence-corrected chi connectivity index (χ3v) is 10.5. The van der Waals surface area contributed by atoms with Gasteiger partial charge in [-0.2, -0.15) is 0 Å². The molecular weight excluding hydrogens is 555 g/mol. The largest absolute Gasteiger partial charge is 0.497 e. The Labute approximate surface area is 261 Å². The maximum atomic E-state index is 14.5. The molecule has 2 heterocycles. The predicted octanol–water partition coefficient (Wildman–Crippen LogP) is 5.86. The van der Waals surface area contributed by atoms with Crippen LogP contribution in [0.1, 0.15) is 59.4 Å². The Morgan fingerprint density at radius 1 is 1.20 bits per heavy atom. The normalized spacial score (nSPS) is 26.1. The highest BCUT2D eigenvalue weighted by atomic mass is 19.1. The van der Waals surface area contributed by atoms with Gasteiger partial charge in [0.05, 0.1) is 24.1 Å². The van der Waals surface area contributed by atoms with E-state index in [9.17, 15) is 9.18 Å². The van der Waals surface area contributed by atoms with Gasteiger partial charge < -0.3 is 20.3 Å². The van der Waals surface area contributed by atoms with E-state index in [0.717, 1.165) is 49.5 Å². The van der Waals surface area contributed by atoms with Crippen LogP contribution in [0.15, 0.2) is 46.2 Å². The molecule has 0 radical (unpaired) electrons. The van der Waals surface area contributed by atoms with E-state index in [0.29, 0.717) is 64.4 Å². The maximum Gasteiger partial charge on any atom is 0.261 e. The van der Waals surface area contributed by atoms with Gasteiger partial charge in [-0.3, -0.25) is 9.36 Å². The fraction of sp³-hybridized carbons (Fsp3) is 0.571. The predicted molar refractivity (Wildman–Crippen MR) is 177 cm³/mol. The molecule has 44 heavy (non-hydrogen) atoms. The molecule has 5 atom stereocenters. The minimum absolute atomic E-state index is 0. The van der Waals surface area contributed by atoms with E-state index in [-0.39, 0.29) is 18.8 Å². The van der Waals surface area contributed by atoms with Crippen molar-refractivity contribution in [2.45, 2.75) is 79.9 Å². The highest BCUT2D eigenvalue weighted by molar-refractivity contribution is 5.96. The van der Waals surface area contributed by atoms with Gasteiger partial charge in [-0.25, -0.2) is 14.4 Å². The van der Waals surface area contributed by atoms with Gasteiger partial charge in [0.2, 0.25) is 0 Å². The number of hydrogen-bond donors (Lipinski definition) is 2. The molecular formula is C35H49FN6O2. The van der Waals surface area contributed by atoms with E-state index >= 15 is 0 Å². The number of aryl methyl sites for hydroxylation is 2. The first-order valence-electron chi connectivity index (χ1n) is 15.7. The molecule has 2 N–H and O–H groups in total. The Balaban J connectivity index is 0.00000384. The summed E-state index contributed by atoms with van der Waals surface area (Å²) >= 11 is 0. The molecule has 0 amide bonds. The maximum absolute atomic E-state index is 14.5. The molecule has 4 fully saturated rings. The van der Waals surface area contributed by atoms with E-state index in [1.807, 2.05) is 25.1 Å². The number of rotatable bonds is 6. The van der Waals surface area contributed by atoms with Gasteiger partial charge in [-0.15, -0.1) is 0 Å². The van der Waals surface area contributed by atoms with Gasteiger partial charge in [-0.05, 0) is 86.1 Å². The zero-order valence-electron chi connectivity index (χ0n) is 26.3. The van der Waals surface area contributed by atoms with Crippen LogP contribution in [0, 0.1) is 35.9 Å². The van der Waals surface area contributed by atoms with E-state index in [2.05, 4.69) is 43.2 Å². The number of guanidine groups is 1. The lowest BCUT2D eigenvalue weighted by Crippen LogP contribution is -2.57. The first-order chi connectivity index (χ1) is 20.5. The summed E-state index contributed by atoms with van der Waals surface area (Å²) < 4.78 is 21.3. The number of fused-ring (bicyclic) bond motifs is 3. The first kappa shape index (κ1) is 31.9. The lowest BCUT2D eigenvalue weighted by atomic mass is 9.45. The summed E-state index contributed by atoms with van der Waals surface area (Å²) in [7, 11) is 1.51. The third-order valence-electron chi connectivity index (χ3n) is 10.5. The summed E-state index contributed by atoms with van der Waals surface area (Å²) in [6.07, 6.45) is 2.84. The van der Waals surface area contributed by atoms with Crippen LogP contribution < -0.4 is 20.9 Å². The first-order valence-corrected chi connectivity index (χ1v) is 15.7. The summed E-state index contributed by atoms with van der Waals surface area (Å²) in [5.74, 6) is 3.65. The van der Waals surface area contributed by atoms with E-state index in [1.54, 1.807) is 16.7 Å². The Morgan fingerprint density at radius 3 is 2.68 bits per heavy atom. The lowest BCUT2D eigenvalue weighted by molar-refractivity contribution is -0.108. The average Bonchev–Trinajstić information content (AvgIpc) is 2.97. The number of nitrogens with one attached hydrogen (secondary N) is 2. The van der Waals surface area contributed by atoms with Crippen LogP contribution in [0.3, 0.4) is 0 Å². The van der Waals surface area contributed by atoms with Crippen LogP contribution >= 0.6 is 0 Å². The van der Waals surface area contributed by atoms with Crippen LogP contribution in [-0.2, 0) is 13.0 Å². The second-order valence-electron chi connectivity index (χ2n) is 13.5. The van der Waals surface area contributed by atoms with Crippen molar-refractivity contribution >= 4 is 22.5 Å². The van der Waals surface area contributed by atoms with Gasteiger partial charge >= 0.3 is 0 Å². The molecule has 1 aromatic heterocycles. The van der Waals surface area contributed by atoms with Crippen LogP contribution in [0.5, 0.6) is 5.75 Å². The quantitative estimate of drug-likeness (QED) is 0.271. The fourth-order valence-corrected chi connectivity index (χ4v) is 7.66. The van der Waals surface area contributed by atoms with Gasteiger partial charge in [0.15, 0.2) is 5.96 Å². The summed E-state index contributed by atoms with van der Waals surface area (Å²) in [6, 6.07) is 11.2. The molecule has 1 aliphatic heterocycles. The molecule has 4 aliphatic rings. The van der Waals surface area contributed by atoms with E-state index < -0.39 is 0 Å². The highest BCUT2D eigenvalue weighted by Gasteiger charge is 2.56. The standard InChI is InChI=1S/C34H45FN6O2.CH4/c1-20-19-40(14-12-36-20)33(39-30-16-24-15-28(21(30)2)34(24,4)5)38-25-8-10-27-31(17-25)37-22(3)41(32(27)42)13-11-23-7-9-26(43-6)18-29(23)35;/h7-10,17-18,20-21,24,28,30,36H,11-16,19H2,1-6H3,(H,38,39);1H4/t20-,21-,24+,28-,30-;/m0./s1. The van der Waals surface area contributed by atoms with Gasteiger partial charge in [0, 0.05) is 44.0 Å². The Bertz CT molecular complexity index is 1600. The number of anilines is 1. The van der Waals surface area contributed by atoms with Crippen LogP contribution in [0.25, 0.3) is 10.9 Å². The van der Waals surface area contributed by atoms with Gasteiger partial charge in [0.25, 0.3) is 5.56 Å². The smallest absolute Gasteiger partial charge is 0.261 e. The Hall–Kier alpha value is -3.46. The van der Waals surface area contributed by atoms with Crippen LogP contribution in [0.4, 0.5) is 10.1 Å². The molecule has 8 nitrogen and oxygen atoms in total. The van der Waals surface area contributed by atoms with Crippen molar-refractivity contribution in [2.75, 3.05) is 32.1 Å². The molecule has 3 aromatic rings. The number of aromatic nitrogens is 2. The van der Waals surface area contributed by atoms with Crippen molar-refractivity contribution in [1.29, 1.82) is 0 Å². The molecule has 9 heteroatoms. The SMILES string of the molecule is C.COc1ccc(CCn2c(C)nc3cc(NC(=N[C@H]4C[C@H]5C[C@@H]([C@@H]4C)C5(C)C)N4CCN[C@@H](C)C4)ccc3c2=O)c(F)c1. The van der Waals surface area contributed by atoms with E-state index in [1.165, 1.54) is 19.6 Å². The molecule has 0 spiro atoms. The zero-order chi connectivity index (χ0) is 30.5. The topological polar surface area (TPSA) is 83.8 Å². The van der Waals surface area contributed by atoms with Crippen LogP contribution in [-0.4, -0.2) is 59.2 Å². The van der Waals surface area contributed by atoms with Crippen LogP contribution in [0.2, 0.25) is 0 Å². The van der Waals surface area contributed by atoms with Crippen molar-refractivity contribution in [2.24, 2.45) is 28.2 Å². The minimum atomic E-state index is -0.339. The lowest BCUT2D eigenvalue weighted by Gasteiger charge is -2.61. The highest BCUT2D eigenvalue weighted by Crippen LogP contribution is 2.61. The molecule has 3 aliphatic carbocycles. The number of halogens is 1. The number of hydrogen-bond acceptors (Lipinski definition) is 5. The number of methoxy groups -OCH3 is 1. The molecule has 7 rings (SSSR count). The van der Waals surface area contributed by atoms with E-state index in [4.69, 9.17) is 14.7 Å². The summed E-state index contributed by atoms with van der Waals surface area (Å²) in [6.45, 7) is 14.3. The fourth-order valence-electron chi connectivity index (χ4n) is 7.66. The Kier molecular flexibility index (Phi) is 9.08. The third kappa shape index (κ3) is 5.95. The van der Waals surface area contributed by atoms with Crippen molar-refractivity contribution in [1.82, 2.24) is 19.8 Å². The molecule has 238 valence electrons. The number of benzene rings is 2. The van der Waals surface area contributed by atoms with Gasteiger partial charge in [0.1, 0.15) is 17.4 Å². The molecule has 2 aromatic carbocycles. The van der Waals surface area contributed by atoms with Crippen molar-refractivity contribution in [3.63, 3.8) is 0 Å².